The van der Waals surface area contributed by atoms with Gasteiger partial charge in [-0.25, -0.2) is 18.7 Å². The number of aromatic nitrogens is 2. The number of ether oxygens (including phenoxy) is 3. The van der Waals surface area contributed by atoms with Crippen LogP contribution >= 0.6 is 11.3 Å². The average molecular weight is 464 g/mol. The molecule has 1 aliphatic rings. The SMILES string of the molecule is CC(=O)N[C@@H](C)CO[C@H]1C[C@](F)(COc2ccc3nc(Oc4ccc(F)cc4)sc3n2)C1. The topological polar surface area (TPSA) is 82.6 Å². The Morgan fingerprint density at radius 1 is 1.25 bits per heavy atom. The number of hydrogen-bond acceptors (Lipinski definition) is 7. The predicted octanol–water partition coefficient (Wildman–Crippen LogP) is 4.41. The maximum Gasteiger partial charge on any atom is 0.281 e. The predicted molar refractivity (Wildman–Crippen MR) is 115 cm³/mol. The highest BCUT2D eigenvalue weighted by Gasteiger charge is 2.46. The van der Waals surface area contributed by atoms with Crippen LogP contribution in [0.3, 0.4) is 0 Å². The van der Waals surface area contributed by atoms with Gasteiger partial charge in [-0.05, 0) is 37.3 Å². The smallest absolute Gasteiger partial charge is 0.281 e. The van der Waals surface area contributed by atoms with Gasteiger partial charge in [0, 0.05) is 31.9 Å². The zero-order valence-corrected chi connectivity index (χ0v) is 18.5. The summed E-state index contributed by atoms with van der Waals surface area (Å²) in [5.74, 6) is 0.298. The first-order valence-corrected chi connectivity index (χ1v) is 11.0. The van der Waals surface area contributed by atoms with Crippen molar-refractivity contribution in [2.45, 2.75) is 44.5 Å². The molecule has 10 heteroatoms. The van der Waals surface area contributed by atoms with Gasteiger partial charge >= 0.3 is 0 Å². The van der Waals surface area contributed by atoms with E-state index < -0.39 is 5.67 Å². The Hall–Kier alpha value is -2.85. The van der Waals surface area contributed by atoms with Crippen molar-refractivity contribution in [3.8, 4) is 16.8 Å². The number of nitrogens with one attached hydrogen (secondary N) is 1. The number of nitrogens with zero attached hydrogens (tertiary/aromatic N) is 2. The number of amides is 1. The number of alkyl halides is 1. The van der Waals surface area contributed by atoms with Crippen LogP contribution in [-0.2, 0) is 9.53 Å². The highest BCUT2D eigenvalue weighted by molar-refractivity contribution is 7.19. The summed E-state index contributed by atoms with van der Waals surface area (Å²) < 4.78 is 44.7. The van der Waals surface area contributed by atoms with Crippen LogP contribution in [0.4, 0.5) is 8.78 Å². The molecular weight excluding hydrogens is 440 g/mol. The van der Waals surface area contributed by atoms with Gasteiger partial charge < -0.3 is 19.5 Å². The third-order valence-corrected chi connectivity index (χ3v) is 5.77. The molecule has 3 aromatic rings. The Morgan fingerprint density at radius 2 is 2.00 bits per heavy atom. The van der Waals surface area contributed by atoms with Crippen LogP contribution in [0.5, 0.6) is 16.8 Å². The lowest BCUT2D eigenvalue weighted by molar-refractivity contribution is -0.125. The van der Waals surface area contributed by atoms with Crippen LogP contribution in [0, 0.1) is 5.82 Å². The maximum absolute atomic E-state index is 14.8. The van der Waals surface area contributed by atoms with E-state index in [0.717, 1.165) is 0 Å². The fourth-order valence-corrected chi connectivity index (χ4v) is 4.17. The molecule has 4 rings (SSSR count). The van der Waals surface area contributed by atoms with E-state index in [-0.39, 0.29) is 43.3 Å². The normalized spacial score (nSPS) is 21.1. The van der Waals surface area contributed by atoms with E-state index in [1.807, 2.05) is 6.92 Å². The molecule has 1 atom stereocenters. The minimum absolute atomic E-state index is 0.120. The summed E-state index contributed by atoms with van der Waals surface area (Å²) in [5, 5.41) is 3.09. The Morgan fingerprint density at radius 3 is 2.72 bits per heavy atom. The Bertz CT molecular complexity index is 1090. The van der Waals surface area contributed by atoms with Crippen molar-refractivity contribution < 1.29 is 27.8 Å². The van der Waals surface area contributed by atoms with E-state index in [1.165, 1.54) is 42.5 Å². The van der Waals surface area contributed by atoms with Gasteiger partial charge in [-0.1, -0.05) is 11.3 Å². The summed E-state index contributed by atoms with van der Waals surface area (Å²) >= 11 is 1.22. The Labute approximate surface area is 187 Å². The summed E-state index contributed by atoms with van der Waals surface area (Å²) in [6.45, 7) is 3.50. The van der Waals surface area contributed by atoms with Crippen molar-refractivity contribution in [2.24, 2.45) is 0 Å². The fourth-order valence-electron chi connectivity index (χ4n) is 3.37. The van der Waals surface area contributed by atoms with Crippen molar-refractivity contribution in [2.75, 3.05) is 13.2 Å². The Kier molecular flexibility index (Phi) is 6.52. The van der Waals surface area contributed by atoms with Crippen molar-refractivity contribution in [1.29, 1.82) is 0 Å². The molecule has 1 aliphatic carbocycles. The van der Waals surface area contributed by atoms with E-state index in [9.17, 15) is 13.6 Å². The number of rotatable bonds is 9. The lowest BCUT2D eigenvalue weighted by atomic mass is 9.79. The molecular formula is C22H23F2N3O4S. The molecule has 0 aliphatic heterocycles. The molecule has 0 spiro atoms. The van der Waals surface area contributed by atoms with E-state index in [4.69, 9.17) is 14.2 Å². The van der Waals surface area contributed by atoms with Gasteiger partial charge in [0.2, 0.25) is 11.8 Å². The number of carbonyl (C=O) groups excluding carboxylic acids is 1. The van der Waals surface area contributed by atoms with Crippen molar-refractivity contribution in [3.63, 3.8) is 0 Å². The number of halogens is 2. The molecule has 7 nitrogen and oxygen atoms in total. The van der Waals surface area contributed by atoms with Crippen LogP contribution in [0.25, 0.3) is 10.3 Å². The van der Waals surface area contributed by atoms with Crippen LogP contribution in [0.2, 0.25) is 0 Å². The van der Waals surface area contributed by atoms with Crippen LogP contribution < -0.4 is 14.8 Å². The van der Waals surface area contributed by atoms with Gasteiger partial charge in [-0.3, -0.25) is 4.79 Å². The fraction of sp³-hybridized carbons (Fsp3) is 0.409. The second-order valence-corrected chi connectivity index (χ2v) is 8.85. The summed E-state index contributed by atoms with van der Waals surface area (Å²) in [6.07, 6.45) is 0.277. The van der Waals surface area contributed by atoms with Gasteiger partial charge in [-0.15, -0.1) is 0 Å². The molecule has 1 saturated carbocycles. The molecule has 32 heavy (non-hydrogen) atoms. The molecule has 1 N–H and O–H groups in total. The van der Waals surface area contributed by atoms with Crippen LogP contribution in [0.15, 0.2) is 36.4 Å². The second-order valence-electron chi connectivity index (χ2n) is 7.91. The van der Waals surface area contributed by atoms with E-state index in [1.54, 1.807) is 12.1 Å². The monoisotopic (exact) mass is 463 g/mol. The minimum Gasteiger partial charge on any atom is -0.474 e. The van der Waals surface area contributed by atoms with Gasteiger partial charge in [-0.2, -0.15) is 0 Å². The first kappa shape index (κ1) is 22.3. The van der Waals surface area contributed by atoms with Gasteiger partial charge in [0.25, 0.3) is 5.19 Å². The largest absolute Gasteiger partial charge is 0.474 e. The van der Waals surface area contributed by atoms with Crippen LogP contribution in [-0.4, -0.2) is 46.9 Å². The maximum atomic E-state index is 14.8. The van der Waals surface area contributed by atoms with Crippen molar-refractivity contribution in [3.05, 3.63) is 42.2 Å². The molecule has 170 valence electrons. The highest BCUT2D eigenvalue weighted by atomic mass is 32.1. The molecule has 0 bridgehead atoms. The zero-order chi connectivity index (χ0) is 22.7. The van der Waals surface area contributed by atoms with Gasteiger partial charge in [0.15, 0.2) is 4.83 Å². The summed E-state index contributed by atoms with van der Waals surface area (Å²) in [6, 6.07) is 8.88. The molecule has 1 aromatic carbocycles. The Balaban J connectivity index is 1.27. The third-order valence-electron chi connectivity index (χ3n) is 4.93. The average Bonchev–Trinajstić information content (AvgIpc) is 3.12. The van der Waals surface area contributed by atoms with E-state index in [2.05, 4.69) is 15.3 Å². The standard InChI is InChI=1S/C22H23F2N3O4S/c1-13(25-14(2)28)11-29-17-9-22(24,10-17)12-30-19-8-7-18-20(27-19)32-21(26-18)31-16-5-3-15(23)4-6-16/h3-8,13,17H,9-12H2,1-2H3,(H,25,28)/t13-,17-,22+/m0/s1. The third kappa shape index (κ3) is 5.68. The molecule has 1 fully saturated rings. The summed E-state index contributed by atoms with van der Waals surface area (Å²) in [5.41, 5.74) is -0.844. The first-order valence-electron chi connectivity index (χ1n) is 10.2. The van der Waals surface area contributed by atoms with Gasteiger partial charge in [0.05, 0.1) is 12.7 Å². The molecule has 0 saturated heterocycles. The molecule has 1 amide bonds. The van der Waals surface area contributed by atoms with Crippen molar-refractivity contribution in [1.82, 2.24) is 15.3 Å². The minimum atomic E-state index is -1.47. The van der Waals surface area contributed by atoms with E-state index in [0.29, 0.717) is 33.8 Å². The molecule has 0 unspecified atom stereocenters. The lowest BCUT2D eigenvalue weighted by Crippen LogP contribution is -2.50. The quantitative estimate of drug-likeness (QED) is 0.506. The number of fused-ring (bicyclic) bond motifs is 1. The molecule has 2 heterocycles. The number of hydrogen-bond donors (Lipinski definition) is 1. The summed E-state index contributed by atoms with van der Waals surface area (Å²) in [7, 11) is 0. The van der Waals surface area contributed by atoms with Crippen molar-refractivity contribution >= 4 is 27.6 Å². The summed E-state index contributed by atoms with van der Waals surface area (Å²) in [4.78, 5) is 20.3. The number of carbonyl (C=O) groups is 1. The lowest BCUT2D eigenvalue weighted by Gasteiger charge is -2.40. The number of thiazole rings is 1. The number of pyridine rings is 1. The van der Waals surface area contributed by atoms with E-state index >= 15 is 0 Å². The molecule has 2 aromatic heterocycles. The van der Waals surface area contributed by atoms with Crippen LogP contribution in [0.1, 0.15) is 26.7 Å². The molecule has 0 radical (unpaired) electrons. The zero-order valence-electron chi connectivity index (χ0n) is 17.6. The highest BCUT2D eigenvalue weighted by Crippen LogP contribution is 2.39. The first-order chi connectivity index (χ1) is 15.3. The second kappa shape index (κ2) is 9.33. The van der Waals surface area contributed by atoms with Gasteiger partial charge in [0.1, 0.15) is 29.4 Å². The number of benzene rings is 1.